The van der Waals surface area contributed by atoms with Crippen LogP contribution in [0.5, 0.6) is 0 Å². The number of nitrogens with zero attached hydrogens (tertiary/aromatic N) is 4. The zero-order chi connectivity index (χ0) is 27.4. The van der Waals surface area contributed by atoms with Gasteiger partial charge in [0.15, 0.2) is 0 Å². The van der Waals surface area contributed by atoms with Crippen molar-refractivity contribution in [3.8, 4) is 6.07 Å². The minimum absolute atomic E-state index is 0.113. The first kappa shape index (κ1) is 25.8. The second kappa shape index (κ2) is 10.2. The number of carbonyl (C=O) groups excluding carboxylic acids is 4. The number of nitro benzene ring substituents is 2. The van der Waals surface area contributed by atoms with Crippen molar-refractivity contribution < 1.29 is 33.8 Å². The first-order chi connectivity index (χ1) is 17.5. The van der Waals surface area contributed by atoms with Crippen molar-refractivity contribution in [1.29, 1.82) is 5.26 Å². The molecule has 3 rings (SSSR count). The van der Waals surface area contributed by atoms with E-state index < -0.39 is 67.4 Å². The molecule has 0 bridgehead atoms. The van der Waals surface area contributed by atoms with Crippen LogP contribution < -0.4 is 10.9 Å². The van der Waals surface area contributed by atoms with E-state index in [0.717, 1.165) is 43.5 Å². The number of H-pyrrole nitrogens is 1. The van der Waals surface area contributed by atoms with E-state index in [1.807, 2.05) is 5.32 Å². The predicted molar refractivity (Wildman–Crippen MR) is 120 cm³/mol. The summed E-state index contributed by atoms with van der Waals surface area (Å²) in [6.45, 7) is 0. The number of ketones is 2. The highest BCUT2D eigenvalue weighted by Crippen LogP contribution is 2.24. The van der Waals surface area contributed by atoms with Gasteiger partial charge in [0.05, 0.1) is 39.2 Å². The van der Waals surface area contributed by atoms with Gasteiger partial charge in [-0.05, 0) is 12.1 Å². The van der Waals surface area contributed by atoms with Crippen molar-refractivity contribution in [3.05, 3.63) is 78.2 Å². The van der Waals surface area contributed by atoms with Crippen LogP contribution in [-0.4, -0.2) is 50.4 Å². The lowest BCUT2D eigenvalue weighted by atomic mass is 9.94. The van der Waals surface area contributed by atoms with E-state index >= 15 is 0 Å². The van der Waals surface area contributed by atoms with Crippen LogP contribution in [-0.2, 0) is 23.9 Å². The summed E-state index contributed by atoms with van der Waals surface area (Å²) in [4.78, 5) is 89.4. The number of hydrogen-bond donors (Lipinski definition) is 2. The number of fused-ring (bicyclic) bond motifs is 1. The molecule has 16 heteroatoms. The van der Waals surface area contributed by atoms with Crippen LogP contribution in [0.2, 0.25) is 0 Å². The molecule has 0 aliphatic carbocycles. The van der Waals surface area contributed by atoms with Crippen LogP contribution in [0.3, 0.4) is 0 Å². The average molecular weight is 508 g/mol. The summed E-state index contributed by atoms with van der Waals surface area (Å²) in [7, 11) is 0.815. The number of carbonyl (C=O) groups is 4. The Labute approximate surface area is 203 Å². The lowest BCUT2D eigenvalue weighted by molar-refractivity contribution is -0.385. The minimum atomic E-state index is -2.39. The summed E-state index contributed by atoms with van der Waals surface area (Å²) in [6, 6.07) is 7.43. The number of ether oxygens (including phenoxy) is 1. The molecule has 37 heavy (non-hydrogen) atoms. The van der Waals surface area contributed by atoms with E-state index in [0.29, 0.717) is 0 Å². The highest BCUT2D eigenvalue weighted by molar-refractivity contribution is 6.52. The largest absolute Gasteiger partial charge is 0.463 e. The van der Waals surface area contributed by atoms with Crippen molar-refractivity contribution in [1.82, 2.24) is 9.97 Å². The quantitative estimate of drug-likeness (QED) is 0.140. The molecule has 3 aromatic rings. The first-order valence-electron chi connectivity index (χ1n) is 9.82. The highest BCUT2D eigenvalue weighted by Gasteiger charge is 2.40. The lowest BCUT2D eigenvalue weighted by Gasteiger charge is -2.13. The van der Waals surface area contributed by atoms with Gasteiger partial charge in [0.1, 0.15) is 17.7 Å². The van der Waals surface area contributed by atoms with Gasteiger partial charge >= 0.3 is 5.97 Å². The van der Waals surface area contributed by atoms with Crippen LogP contribution in [0.25, 0.3) is 11.0 Å². The number of aromatic nitrogens is 2. The molecule has 0 aliphatic heterocycles. The molecule has 0 saturated heterocycles. The fraction of sp³-hybridized carbons (Fsp3) is 0.0952. The standard InChI is InChI=1S/C21H12N6O10/c1-37-21(32)18(29)15(16-19(30)25-14-7-11(27(35)36)3-5-13(14)23-16)17(28)20(31)24-12-4-2-10(26(33)34)6-9(12)8-22/h2-7,15H,1H3,(H,24,31)(H,25,30)/t15-/m1/s1. The Morgan fingerprint density at radius 3 is 2.27 bits per heavy atom. The summed E-state index contributed by atoms with van der Waals surface area (Å²) in [5.74, 6) is -8.79. The van der Waals surface area contributed by atoms with Crippen molar-refractivity contribution in [2.45, 2.75) is 5.92 Å². The summed E-state index contributed by atoms with van der Waals surface area (Å²) in [5.41, 5.74) is -3.92. The maximum absolute atomic E-state index is 13.0. The van der Waals surface area contributed by atoms with Gasteiger partial charge in [-0.2, -0.15) is 5.26 Å². The van der Waals surface area contributed by atoms with Gasteiger partial charge in [0, 0.05) is 24.3 Å². The summed E-state index contributed by atoms with van der Waals surface area (Å²) >= 11 is 0. The van der Waals surface area contributed by atoms with Crippen molar-refractivity contribution in [2.75, 3.05) is 12.4 Å². The number of nitriles is 1. The van der Waals surface area contributed by atoms with E-state index in [9.17, 15) is 49.5 Å². The molecule has 0 fully saturated rings. The molecule has 0 radical (unpaired) electrons. The Balaban J connectivity index is 2.07. The number of rotatable bonds is 8. The molecule has 1 amide bonds. The van der Waals surface area contributed by atoms with Crippen LogP contribution in [0.4, 0.5) is 17.1 Å². The molecule has 0 unspecified atom stereocenters. The second-order valence-corrected chi connectivity index (χ2v) is 7.12. The fourth-order valence-electron chi connectivity index (χ4n) is 3.15. The van der Waals surface area contributed by atoms with Gasteiger partial charge in [0.25, 0.3) is 28.6 Å². The average Bonchev–Trinajstić information content (AvgIpc) is 2.87. The number of Topliss-reactive ketones (excluding diaryl/α,β-unsaturated/α-hetero) is 2. The molecule has 0 aliphatic rings. The Morgan fingerprint density at radius 1 is 1.05 bits per heavy atom. The molecular formula is C21H12N6O10. The Morgan fingerprint density at radius 2 is 1.68 bits per heavy atom. The third kappa shape index (κ3) is 5.14. The molecule has 0 spiro atoms. The predicted octanol–water partition coefficient (Wildman–Crippen LogP) is 0.645. The maximum atomic E-state index is 13.0. The number of anilines is 1. The Hall–Kier alpha value is -5.85. The number of aromatic amines is 1. The summed E-state index contributed by atoms with van der Waals surface area (Å²) in [5, 5.41) is 33.1. The molecule has 186 valence electrons. The van der Waals surface area contributed by atoms with E-state index in [2.05, 4.69) is 14.7 Å². The normalized spacial score (nSPS) is 11.1. The molecule has 0 saturated carbocycles. The topological polar surface area (TPSA) is 245 Å². The van der Waals surface area contributed by atoms with Gasteiger partial charge in [-0.15, -0.1) is 0 Å². The number of benzene rings is 2. The lowest BCUT2D eigenvalue weighted by Crippen LogP contribution is -2.39. The van der Waals surface area contributed by atoms with Crippen LogP contribution >= 0.6 is 0 Å². The van der Waals surface area contributed by atoms with E-state index in [-0.39, 0.29) is 16.7 Å². The summed E-state index contributed by atoms with van der Waals surface area (Å²) < 4.78 is 4.31. The molecule has 1 atom stereocenters. The minimum Gasteiger partial charge on any atom is -0.463 e. The monoisotopic (exact) mass is 508 g/mol. The van der Waals surface area contributed by atoms with E-state index in [1.165, 1.54) is 0 Å². The number of amides is 1. The van der Waals surface area contributed by atoms with Gasteiger partial charge in [0.2, 0.25) is 5.78 Å². The molecule has 1 heterocycles. The van der Waals surface area contributed by atoms with E-state index in [1.54, 1.807) is 6.07 Å². The zero-order valence-electron chi connectivity index (χ0n) is 18.4. The molecule has 2 aromatic carbocycles. The van der Waals surface area contributed by atoms with Crippen LogP contribution in [0.15, 0.2) is 41.2 Å². The summed E-state index contributed by atoms with van der Waals surface area (Å²) in [6.07, 6.45) is 0. The molecule has 1 aromatic heterocycles. The highest BCUT2D eigenvalue weighted by atomic mass is 16.6. The van der Waals surface area contributed by atoms with E-state index in [4.69, 9.17) is 0 Å². The van der Waals surface area contributed by atoms with Gasteiger partial charge < -0.3 is 15.0 Å². The van der Waals surface area contributed by atoms with Crippen LogP contribution in [0, 0.1) is 31.6 Å². The third-order valence-electron chi connectivity index (χ3n) is 4.90. The Bertz CT molecular complexity index is 1620. The Kier molecular flexibility index (Phi) is 7.09. The van der Waals surface area contributed by atoms with Gasteiger partial charge in [-0.1, -0.05) is 0 Å². The van der Waals surface area contributed by atoms with Crippen molar-refractivity contribution in [2.24, 2.45) is 0 Å². The maximum Gasteiger partial charge on any atom is 0.375 e. The smallest absolute Gasteiger partial charge is 0.375 e. The number of nitro groups is 2. The van der Waals surface area contributed by atoms with Gasteiger partial charge in [-0.25, -0.2) is 9.78 Å². The fourth-order valence-corrected chi connectivity index (χ4v) is 3.15. The first-order valence-corrected chi connectivity index (χ1v) is 9.82. The third-order valence-corrected chi connectivity index (χ3v) is 4.90. The zero-order valence-corrected chi connectivity index (χ0v) is 18.4. The second-order valence-electron chi connectivity index (χ2n) is 7.12. The van der Waals surface area contributed by atoms with Crippen molar-refractivity contribution >= 4 is 51.5 Å². The van der Waals surface area contributed by atoms with Crippen LogP contribution in [0.1, 0.15) is 17.2 Å². The molecule has 2 N–H and O–H groups in total. The number of methoxy groups -OCH3 is 1. The number of non-ortho nitro benzene ring substituents is 2. The van der Waals surface area contributed by atoms with Gasteiger partial charge in [-0.3, -0.25) is 39.4 Å². The number of hydrogen-bond acceptors (Lipinski definition) is 12. The SMILES string of the molecule is COC(=O)C(=O)[C@@H](C(=O)C(=O)Nc1ccc([N+](=O)[O-])cc1C#N)c1nc2ccc([N+](=O)[O-])cc2[nH]c1=O. The van der Waals surface area contributed by atoms with Crippen molar-refractivity contribution in [3.63, 3.8) is 0 Å². The molecular weight excluding hydrogens is 496 g/mol. The molecule has 16 nitrogen and oxygen atoms in total. The number of nitrogens with one attached hydrogen (secondary N) is 2. The number of esters is 1.